The summed E-state index contributed by atoms with van der Waals surface area (Å²) in [5, 5.41) is 20.2. The van der Waals surface area contributed by atoms with Crippen molar-refractivity contribution >= 4 is 278 Å². The molecule has 0 atom stereocenters. The Hall–Kier alpha value is 8.74. The third kappa shape index (κ3) is 8.36. The van der Waals surface area contributed by atoms with E-state index in [2.05, 4.69) is 278 Å². The second-order valence-electron chi connectivity index (χ2n) is 5.81. The largest absolute Gasteiger partial charge is 0.481 e. The summed E-state index contributed by atoms with van der Waals surface area (Å²) in [5.41, 5.74) is 0. The van der Waals surface area contributed by atoms with Gasteiger partial charge in [0.1, 0.15) is 7.04 Å². The van der Waals surface area contributed by atoms with Gasteiger partial charge in [0.2, 0.25) is 0 Å². The minimum Gasteiger partial charge on any atom is -0.426 e. The molecule has 0 fully saturated rings. The van der Waals surface area contributed by atoms with Gasteiger partial charge < -0.3 is 10.0 Å². The molecule has 27 heavy (non-hydrogen) atoms. The van der Waals surface area contributed by atoms with Crippen molar-refractivity contribution in [3.8, 4) is 0 Å². The third-order valence-corrected chi connectivity index (χ3v) is 43.1. The molecule has 0 radical (unpaired) electrons. The highest BCUT2D eigenvalue weighted by atomic mass is 127. The van der Waals surface area contributed by atoms with Crippen LogP contribution in [-0.4, -0.2) is 25.6 Å². The van der Waals surface area contributed by atoms with Gasteiger partial charge in [-0.15, -0.1) is 0 Å². The highest BCUT2D eigenvalue weighted by Crippen LogP contribution is 2.75. The molecule has 0 saturated carbocycles. The average Bonchev–Trinajstić information content (AvgIpc) is 2.50. The van der Waals surface area contributed by atoms with Crippen LogP contribution in [-0.2, 0) is 0 Å². The van der Waals surface area contributed by atoms with E-state index >= 15 is 0 Å². The minimum absolute atomic E-state index is 0.0712. The van der Waals surface area contributed by atoms with Gasteiger partial charge in [0.15, 0.2) is 0 Å². The number of hydrogen-bond acceptors (Lipinski definition) is 2. The standard InChI is InChI=1S/C12H15BI12O2/c1-2-3-4-5-6-7(14,15)8(16,17)9(18,19)10(20,21)11(22,23)12(24,25)13(26)27/h26-27H,2-6H2,1H3. The number of halogens is 12. The van der Waals surface area contributed by atoms with Crippen molar-refractivity contribution in [2.75, 3.05) is 0 Å². The Morgan fingerprint density at radius 3 is 1.37 bits per heavy atom. The topological polar surface area (TPSA) is 40.5 Å². The molecule has 0 aliphatic carbocycles. The van der Waals surface area contributed by atoms with Crippen molar-refractivity contribution in [1.82, 2.24) is 0 Å². The van der Waals surface area contributed by atoms with E-state index in [0.29, 0.717) is 0 Å². The zero-order chi connectivity index (χ0) is 22.1. The number of unbranched alkanes of at least 4 members (excludes halogenated alkanes) is 3. The highest BCUT2D eigenvalue weighted by molar-refractivity contribution is 14.2. The highest BCUT2D eigenvalue weighted by Gasteiger charge is 2.73. The summed E-state index contributed by atoms with van der Waals surface area (Å²) in [7, 11) is -1.41. The maximum atomic E-state index is 10.1. The van der Waals surface area contributed by atoms with Crippen LogP contribution in [0.5, 0.6) is 0 Å². The molecule has 162 valence electrons. The van der Waals surface area contributed by atoms with Crippen LogP contribution in [0.3, 0.4) is 0 Å². The molecule has 0 saturated heterocycles. The van der Waals surface area contributed by atoms with Gasteiger partial charge in [-0.25, -0.2) is 0 Å². The molecular formula is C12H15BI12O2. The van der Waals surface area contributed by atoms with Gasteiger partial charge in [0.05, 0.1) is 1.43 Å². The smallest absolute Gasteiger partial charge is 0.426 e. The van der Waals surface area contributed by atoms with E-state index in [1.54, 1.807) is 0 Å². The summed E-state index contributed by atoms with van der Waals surface area (Å²) < 4.78 is -1.63. The van der Waals surface area contributed by atoms with Crippen molar-refractivity contribution in [3.05, 3.63) is 0 Å². The molecule has 0 aromatic carbocycles. The second-order valence-corrected chi connectivity index (χ2v) is 38.2. The van der Waals surface area contributed by atoms with Crippen LogP contribution in [0.25, 0.3) is 0 Å². The van der Waals surface area contributed by atoms with Crippen LogP contribution in [0.1, 0.15) is 39.0 Å². The molecule has 0 amide bonds. The molecule has 0 spiro atoms. The summed E-state index contributed by atoms with van der Waals surface area (Å²) in [6, 6.07) is 0. The van der Waals surface area contributed by atoms with Gasteiger partial charge in [-0.2, -0.15) is 0 Å². The predicted octanol–water partition coefficient (Wildman–Crippen LogP) is 10.4. The molecule has 0 aromatic rings. The van der Waals surface area contributed by atoms with Gasteiger partial charge in [0, 0.05) is 0 Å². The zero-order valence-electron chi connectivity index (χ0n) is 13.5. The minimum atomic E-state index is -1.41. The molecule has 0 aliphatic heterocycles. The van der Waals surface area contributed by atoms with E-state index < -0.39 is 9.87 Å². The van der Waals surface area contributed by atoms with Crippen LogP contribution < -0.4 is 0 Å². The summed E-state index contributed by atoms with van der Waals surface area (Å²) in [4.78, 5) is 0. The lowest BCUT2D eigenvalue weighted by atomic mass is 9.82. The summed E-state index contributed by atoms with van der Waals surface area (Å²) in [6.07, 6.45) is 6.24. The van der Waals surface area contributed by atoms with E-state index in [-0.39, 0.29) is 5.71 Å². The fourth-order valence-corrected chi connectivity index (χ4v) is 18.7. The first-order valence-electron chi connectivity index (χ1n) is 7.38. The lowest BCUT2D eigenvalue weighted by Crippen LogP contribution is -2.66. The fourth-order valence-electron chi connectivity index (χ4n) is 1.93. The third-order valence-electron chi connectivity index (χ3n) is 3.73. The maximum absolute atomic E-state index is 10.1. The summed E-state index contributed by atoms with van der Waals surface area (Å²) in [6.45, 7) is 2.25. The van der Waals surface area contributed by atoms with E-state index in [4.69, 9.17) is 0 Å². The fraction of sp³-hybridized carbons (Fsp3) is 1.00. The van der Waals surface area contributed by atoms with Gasteiger partial charge >= 0.3 is 7.12 Å². The molecule has 0 aromatic heterocycles. The summed E-state index contributed by atoms with van der Waals surface area (Å²) >= 11 is 30.1. The van der Waals surface area contributed by atoms with Crippen molar-refractivity contribution in [3.63, 3.8) is 0 Å². The Morgan fingerprint density at radius 1 is 0.593 bits per heavy atom. The Morgan fingerprint density at radius 2 is 1.00 bits per heavy atom. The first-order valence-corrected chi connectivity index (χ1v) is 20.3. The van der Waals surface area contributed by atoms with Gasteiger partial charge in [-0.05, 0) is 6.42 Å². The molecular weight excluding hydrogens is 1710 g/mol. The predicted molar refractivity (Wildman–Crippen MR) is 224 cm³/mol. The molecule has 0 heterocycles. The maximum Gasteiger partial charge on any atom is 0.481 e. The number of hydrogen-bond donors (Lipinski definition) is 2. The van der Waals surface area contributed by atoms with Crippen LogP contribution in [0.15, 0.2) is 0 Å². The molecule has 0 aliphatic rings. The molecule has 15 heteroatoms. The summed E-state index contributed by atoms with van der Waals surface area (Å²) in [5.74, 6) is 0. The van der Waals surface area contributed by atoms with Gasteiger partial charge in [-0.1, -0.05) is 304 Å². The van der Waals surface area contributed by atoms with Gasteiger partial charge in [-0.3, -0.25) is 0 Å². The Bertz CT molecular complexity index is 495. The molecule has 0 bridgehead atoms. The monoisotopic (exact) mass is 1720 g/mol. The Balaban J connectivity index is 5.98. The SMILES string of the molecule is CCCCCCC(I)(I)C(I)(I)C(I)(I)C(I)(I)C(I)(I)C(I)(I)B(O)O. The lowest BCUT2D eigenvalue weighted by Gasteiger charge is -2.55. The van der Waals surface area contributed by atoms with Crippen molar-refractivity contribution in [2.45, 2.75) is 47.5 Å². The zero-order valence-corrected chi connectivity index (χ0v) is 39.4. The van der Waals surface area contributed by atoms with Crippen molar-refractivity contribution in [2.24, 2.45) is 0 Å². The van der Waals surface area contributed by atoms with Crippen molar-refractivity contribution in [1.29, 1.82) is 0 Å². The number of rotatable bonds is 11. The molecule has 2 nitrogen and oxygen atoms in total. The Labute approximate surface area is 326 Å². The van der Waals surface area contributed by atoms with E-state index in [1.165, 1.54) is 25.7 Å². The Kier molecular flexibility index (Phi) is 18.8. The van der Waals surface area contributed by atoms with E-state index in [0.717, 1.165) is 6.42 Å². The lowest BCUT2D eigenvalue weighted by molar-refractivity contribution is 0.400. The second kappa shape index (κ2) is 14.2. The quantitative estimate of drug-likeness (QED) is 0.0937. The van der Waals surface area contributed by atoms with E-state index in [1.807, 2.05) is 0 Å². The molecule has 0 rings (SSSR count). The van der Waals surface area contributed by atoms with E-state index in [9.17, 15) is 10.0 Å². The molecule has 0 unspecified atom stereocenters. The van der Waals surface area contributed by atoms with Crippen LogP contribution in [0.4, 0.5) is 0 Å². The van der Waals surface area contributed by atoms with Crippen LogP contribution >= 0.6 is 271 Å². The first kappa shape index (κ1) is 35.7. The molecule has 2 N–H and O–H groups in total. The van der Waals surface area contributed by atoms with Gasteiger partial charge in [0.25, 0.3) is 0 Å². The van der Waals surface area contributed by atoms with Crippen molar-refractivity contribution < 1.29 is 10.0 Å². The van der Waals surface area contributed by atoms with Crippen LogP contribution in [0, 0.1) is 0 Å². The number of alkyl halides is 12. The average molecular weight is 1720 g/mol. The first-order chi connectivity index (χ1) is 11.8. The van der Waals surface area contributed by atoms with Crippen LogP contribution in [0.2, 0.25) is 0 Å². The normalized spacial score (nSPS) is 15.2.